The summed E-state index contributed by atoms with van der Waals surface area (Å²) in [6, 6.07) is 11.9. The van der Waals surface area contributed by atoms with Gasteiger partial charge in [0.25, 0.3) is 0 Å². The van der Waals surface area contributed by atoms with Crippen LogP contribution in [0.5, 0.6) is 0 Å². The molecule has 5 rings (SSSR count). The monoisotopic (exact) mass is 574 g/mol. The predicted octanol–water partition coefficient (Wildman–Crippen LogP) is 6.04. The maximum Gasteiger partial charge on any atom is 0.435 e. The van der Waals surface area contributed by atoms with E-state index in [-0.39, 0.29) is 0 Å². The number of benzene rings is 1. The Morgan fingerprint density at radius 2 is 1.60 bits per heavy atom. The van der Waals surface area contributed by atoms with Crippen molar-refractivity contribution in [2.75, 3.05) is 31.6 Å². The Bertz CT molecular complexity index is 1570. The van der Waals surface area contributed by atoms with Crippen molar-refractivity contribution in [3.63, 3.8) is 0 Å². The number of fused-ring (bicyclic) bond motifs is 1. The zero-order chi connectivity index (χ0) is 30.1. The summed E-state index contributed by atoms with van der Waals surface area (Å²) < 4.78 is 19.2. The van der Waals surface area contributed by atoms with Gasteiger partial charge >= 0.3 is 12.2 Å². The predicted molar refractivity (Wildman–Crippen MR) is 160 cm³/mol. The van der Waals surface area contributed by atoms with Gasteiger partial charge in [0.15, 0.2) is 0 Å². The number of morpholine rings is 1. The molecule has 0 radical (unpaired) electrons. The SMILES string of the molecule is CC(C)(C)OC(=O)n1cc(-c2cc3cnc(Nc4ccc(CN5CCOCC5)cc4)cc3n2C(=O)OC(C)(C)C)cn1. The molecule has 1 saturated heterocycles. The zero-order valence-electron chi connectivity index (χ0n) is 25.0. The van der Waals surface area contributed by atoms with E-state index in [1.165, 1.54) is 22.5 Å². The largest absolute Gasteiger partial charge is 0.443 e. The normalized spacial score (nSPS) is 14.6. The molecule has 0 amide bonds. The average molecular weight is 575 g/mol. The Morgan fingerprint density at radius 3 is 2.26 bits per heavy atom. The zero-order valence-corrected chi connectivity index (χ0v) is 25.0. The number of rotatable bonds is 5. The van der Waals surface area contributed by atoms with Crippen molar-refractivity contribution < 1.29 is 23.8 Å². The lowest BCUT2D eigenvalue weighted by Crippen LogP contribution is -2.35. The third kappa shape index (κ3) is 7.15. The smallest absolute Gasteiger partial charge is 0.435 e. The fourth-order valence-electron chi connectivity index (χ4n) is 4.61. The van der Waals surface area contributed by atoms with Gasteiger partial charge in [-0.05, 0) is 65.3 Å². The lowest BCUT2D eigenvalue weighted by molar-refractivity contribution is 0.0342. The Labute approximate surface area is 245 Å². The molecule has 0 atom stereocenters. The van der Waals surface area contributed by atoms with Crippen molar-refractivity contribution in [2.24, 2.45) is 0 Å². The number of ether oxygens (including phenoxy) is 3. The molecule has 1 N–H and O–H groups in total. The van der Waals surface area contributed by atoms with Crippen molar-refractivity contribution in [1.29, 1.82) is 0 Å². The maximum atomic E-state index is 13.5. The summed E-state index contributed by atoms with van der Waals surface area (Å²) in [6.07, 6.45) is 3.59. The van der Waals surface area contributed by atoms with E-state index in [1.807, 2.05) is 45.0 Å². The first-order valence-electron chi connectivity index (χ1n) is 14.0. The van der Waals surface area contributed by atoms with Crippen LogP contribution in [0.2, 0.25) is 0 Å². The number of carbonyl (C=O) groups excluding carboxylic acids is 2. The van der Waals surface area contributed by atoms with E-state index >= 15 is 0 Å². The molecule has 0 bridgehead atoms. The van der Waals surface area contributed by atoms with Crippen molar-refractivity contribution in [3.05, 3.63) is 60.6 Å². The second-order valence-corrected chi connectivity index (χ2v) is 12.3. The molecule has 0 saturated carbocycles. The van der Waals surface area contributed by atoms with E-state index in [4.69, 9.17) is 14.2 Å². The van der Waals surface area contributed by atoms with Crippen LogP contribution in [0, 0.1) is 0 Å². The van der Waals surface area contributed by atoms with Gasteiger partial charge in [0.2, 0.25) is 0 Å². The van der Waals surface area contributed by atoms with E-state index in [1.54, 1.807) is 27.0 Å². The number of hydrogen-bond donors (Lipinski definition) is 1. The molecule has 1 aliphatic rings. The third-order valence-electron chi connectivity index (χ3n) is 6.46. The van der Waals surface area contributed by atoms with Crippen LogP contribution in [0.3, 0.4) is 0 Å². The maximum absolute atomic E-state index is 13.5. The fraction of sp³-hybridized carbons (Fsp3) is 0.419. The van der Waals surface area contributed by atoms with Crippen LogP contribution >= 0.6 is 0 Å². The lowest BCUT2D eigenvalue weighted by atomic mass is 10.2. The Morgan fingerprint density at radius 1 is 0.929 bits per heavy atom. The van der Waals surface area contributed by atoms with Crippen LogP contribution in [-0.4, -0.2) is 73.9 Å². The molecular formula is C31H38N6O5. The first-order chi connectivity index (χ1) is 19.8. The molecule has 222 valence electrons. The van der Waals surface area contributed by atoms with Crippen LogP contribution in [0.15, 0.2) is 55.0 Å². The number of pyridine rings is 1. The van der Waals surface area contributed by atoms with Gasteiger partial charge < -0.3 is 19.5 Å². The second-order valence-electron chi connectivity index (χ2n) is 12.3. The van der Waals surface area contributed by atoms with Crippen molar-refractivity contribution >= 4 is 34.6 Å². The molecule has 1 aromatic carbocycles. The molecule has 42 heavy (non-hydrogen) atoms. The molecule has 0 unspecified atom stereocenters. The standard InChI is InChI=1S/C31H38N6O5/c1-30(2,3)41-28(38)36-20-23(18-33-36)25-15-22-17-32-27(16-26(22)37(25)29(39)42-31(4,5)6)34-24-9-7-21(8-10-24)19-35-11-13-40-14-12-35/h7-10,15-18,20H,11-14,19H2,1-6H3,(H,32,34). The van der Waals surface area contributed by atoms with Crippen LogP contribution in [-0.2, 0) is 20.8 Å². The molecule has 0 aliphatic carbocycles. The quantitative estimate of drug-likeness (QED) is 0.305. The number of carbonyl (C=O) groups is 2. The Kier molecular flexibility index (Phi) is 8.07. The molecule has 3 aromatic heterocycles. The highest BCUT2D eigenvalue weighted by Crippen LogP contribution is 2.31. The van der Waals surface area contributed by atoms with Crippen LogP contribution in [0.25, 0.3) is 22.2 Å². The average Bonchev–Trinajstić information content (AvgIpc) is 3.54. The van der Waals surface area contributed by atoms with Gasteiger partial charge in [-0.25, -0.2) is 19.1 Å². The van der Waals surface area contributed by atoms with Gasteiger partial charge in [-0.2, -0.15) is 9.78 Å². The summed E-state index contributed by atoms with van der Waals surface area (Å²) in [7, 11) is 0. The molecule has 4 heterocycles. The molecule has 1 fully saturated rings. The van der Waals surface area contributed by atoms with Gasteiger partial charge in [-0.15, -0.1) is 0 Å². The van der Waals surface area contributed by atoms with E-state index in [0.29, 0.717) is 22.6 Å². The minimum absolute atomic E-state index is 0.514. The third-order valence-corrected chi connectivity index (χ3v) is 6.46. The van der Waals surface area contributed by atoms with Crippen LogP contribution in [0.1, 0.15) is 47.1 Å². The Hall–Kier alpha value is -4.22. The minimum Gasteiger partial charge on any atom is -0.443 e. The highest BCUT2D eigenvalue weighted by atomic mass is 16.6. The van der Waals surface area contributed by atoms with Crippen LogP contribution < -0.4 is 5.32 Å². The fourth-order valence-corrected chi connectivity index (χ4v) is 4.61. The summed E-state index contributed by atoms with van der Waals surface area (Å²) in [5.74, 6) is 0.572. The van der Waals surface area contributed by atoms with Crippen molar-refractivity contribution in [3.8, 4) is 11.3 Å². The molecule has 4 aromatic rings. The van der Waals surface area contributed by atoms with Crippen molar-refractivity contribution in [1.82, 2.24) is 24.2 Å². The van der Waals surface area contributed by atoms with Gasteiger partial charge in [0.1, 0.15) is 17.0 Å². The first kappa shape index (κ1) is 29.3. The lowest BCUT2D eigenvalue weighted by Gasteiger charge is -2.26. The number of hydrogen-bond acceptors (Lipinski definition) is 9. The molecule has 11 heteroatoms. The summed E-state index contributed by atoms with van der Waals surface area (Å²) in [6.45, 7) is 15.1. The molecular weight excluding hydrogens is 536 g/mol. The summed E-state index contributed by atoms with van der Waals surface area (Å²) in [5, 5.41) is 8.25. The van der Waals surface area contributed by atoms with Crippen molar-refractivity contribution in [2.45, 2.75) is 59.3 Å². The van der Waals surface area contributed by atoms with Crippen LogP contribution in [0.4, 0.5) is 21.1 Å². The van der Waals surface area contributed by atoms with E-state index in [0.717, 1.165) is 48.6 Å². The van der Waals surface area contributed by atoms with E-state index in [9.17, 15) is 9.59 Å². The van der Waals surface area contributed by atoms with Gasteiger partial charge in [-0.1, -0.05) is 12.1 Å². The molecule has 11 nitrogen and oxygen atoms in total. The first-order valence-corrected chi connectivity index (χ1v) is 14.0. The van der Waals surface area contributed by atoms with E-state index in [2.05, 4.69) is 32.4 Å². The highest BCUT2D eigenvalue weighted by Gasteiger charge is 2.25. The van der Waals surface area contributed by atoms with Gasteiger partial charge in [0.05, 0.1) is 30.6 Å². The topological polar surface area (TPSA) is 113 Å². The second kappa shape index (κ2) is 11.6. The number of anilines is 2. The van der Waals surface area contributed by atoms with Gasteiger partial charge in [0, 0.05) is 54.7 Å². The summed E-state index contributed by atoms with van der Waals surface area (Å²) in [4.78, 5) is 33.0. The number of nitrogens with zero attached hydrogens (tertiary/aromatic N) is 5. The van der Waals surface area contributed by atoms with E-state index < -0.39 is 23.4 Å². The van der Waals surface area contributed by atoms with Gasteiger partial charge in [-0.3, -0.25) is 4.90 Å². The highest BCUT2D eigenvalue weighted by molar-refractivity contribution is 5.97. The minimum atomic E-state index is -0.720. The summed E-state index contributed by atoms with van der Waals surface area (Å²) in [5.41, 5.74) is 2.37. The Balaban J connectivity index is 1.44. The molecule has 0 spiro atoms. The summed E-state index contributed by atoms with van der Waals surface area (Å²) >= 11 is 0. The number of aromatic nitrogens is 4. The number of nitrogens with one attached hydrogen (secondary N) is 1. The molecule has 1 aliphatic heterocycles.